The van der Waals surface area contributed by atoms with Gasteiger partial charge in [-0.25, -0.2) is 0 Å². The Hall–Kier alpha value is -3.09. The molecule has 7 heteroatoms. The molecule has 3 aromatic rings. The summed E-state index contributed by atoms with van der Waals surface area (Å²) in [5, 5.41) is 11.2. The van der Waals surface area contributed by atoms with Crippen molar-refractivity contribution in [1.82, 2.24) is 20.3 Å². The van der Waals surface area contributed by atoms with Crippen LogP contribution in [0, 0.1) is 27.7 Å². The minimum absolute atomic E-state index is 0.203. The predicted molar refractivity (Wildman–Crippen MR) is 105 cm³/mol. The Kier molecular flexibility index (Phi) is 5.53. The van der Waals surface area contributed by atoms with Crippen LogP contribution in [0.5, 0.6) is 5.75 Å². The summed E-state index contributed by atoms with van der Waals surface area (Å²) in [4.78, 5) is 12.8. The molecule has 0 fully saturated rings. The van der Waals surface area contributed by atoms with Gasteiger partial charge in [-0.1, -0.05) is 17.3 Å². The van der Waals surface area contributed by atoms with Gasteiger partial charge in [-0.05, 0) is 51.8 Å². The molecule has 0 aliphatic carbocycles. The summed E-state index contributed by atoms with van der Waals surface area (Å²) in [6.07, 6.45) is 1.90. The molecule has 0 saturated carbocycles. The minimum Gasteiger partial charge on any atom is -0.488 e. The van der Waals surface area contributed by atoms with Crippen molar-refractivity contribution in [3.05, 3.63) is 63.8 Å². The quantitative estimate of drug-likeness (QED) is 0.703. The van der Waals surface area contributed by atoms with Crippen molar-refractivity contribution in [3.8, 4) is 5.75 Å². The average molecular weight is 382 g/mol. The highest BCUT2D eigenvalue weighted by Crippen LogP contribution is 2.23. The molecule has 0 aliphatic rings. The Morgan fingerprint density at radius 3 is 2.71 bits per heavy atom. The molecule has 28 heavy (non-hydrogen) atoms. The van der Waals surface area contributed by atoms with E-state index in [1.165, 1.54) is 0 Å². The molecule has 1 amide bonds. The maximum absolute atomic E-state index is 12.8. The molecule has 0 aliphatic heterocycles. The number of hydrogen-bond acceptors (Lipinski definition) is 5. The topological polar surface area (TPSA) is 82.2 Å². The maximum atomic E-state index is 12.8. The molecule has 0 saturated heterocycles. The van der Waals surface area contributed by atoms with Gasteiger partial charge in [0.25, 0.3) is 5.91 Å². The van der Waals surface area contributed by atoms with Crippen LogP contribution in [0.25, 0.3) is 0 Å². The fraction of sp³-hybridized carbons (Fsp3) is 0.381. The monoisotopic (exact) mass is 382 g/mol. The zero-order valence-electron chi connectivity index (χ0n) is 17.2. The number of nitrogens with one attached hydrogen (secondary N) is 1. The summed E-state index contributed by atoms with van der Waals surface area (Å²) in [5.41, 5.74) is 4.88. The summed E-state index contributed by atoms with van der Waals surface area (Å²) in [6.45, 7) is 9.82. The fourth-order valence-corrected chi connectivity index (χ4v) is 3.14. The molecule has 0 bridgehead atoms. The van der Waals surface area contributed by atoms with E-state index in [0.29, 0.717) is 11.3 Å². The van der Waals surface area contributed by atoms with Gasteiger partial charge in [0.15, 0.2) is 5.69 Å². The third kappa shape index (κ3) is 4.08. The molecule has 148 valence electrons. The smallest absolute Gasteiger partial charge is 0.274 e. The Morgan fingerprint density at radius 2 is 2.04 bits per heavy atom. The van der Waals surface area contributed by atoms with E-state index in [9.17, 15) is 4.79 Å². The molecule has 0 radical (unpaired) electrons. The maximum Gasteiger partial charge on any atom is 0.274 e. The normalized spacial score (nSPS) is 12.1. The molecular formula is C21H26N4O3. The van der Waals surface area contributed by atoms with E-state index >= 15 is 0 Å². The van der Waals surface area contributed by atoms with E-state index in [0.717, 1.165) is 28.1 Å². The molecular weight excluding hydrogens is 356 g/mol. The lowest BCUT2D eigenvalue weighted by atomic mass is 10.1. The molecule has 1 unspecified atom stereocenters. The number of carbonyl (C=O) groups excluding carboxylic acids is 1. The van der Waals surface area contributed by atoms with Crippen LogP contribution >= 0.6 is 0 Å². The van der Waals surface area contributed by atoms with Crippen LogP contribution in [0.4, 0.5) is 0 Å². The van der Waals surface area contributed by atoms with Gasteiger partial charge in [-0.15, -0.1) is 0 Å². The predicted octanol–water partition coefficient (Wildman–Crippen LogP) is 3.71. The number of aryl methyl sites for hydroxylation is 5. The van der Waals surface area contributed by atoms with Gasteiger partial charge in [-0.2, -0.15) is 5.10 Å². The molecule has 1 atom stereocenters. The average Bonchev–Trinajstić information content (AvgIpc) is 3.17. The summed E-state index contributed by atoms with van der Waals surface area (Å²) >= 11 is 0. The molecule has 3 rings (SSSR count). The van der Waals surface area contributed by atoms with Gasteiger partial charge >= 0.3 is 0 Å². The Balaban J connectivity index is 1.75. The lowest BCUT2D eigenvalue weighted by Crippen LogP contribution is -2.28. The number of benzene rings is 1. The summed E-state index contributed by atoms with van der Waals surface area (Å²) in [5.74, 6) is 1.05. The fourth-order valence-electron chi connectivity index (χ4n) is 3.14. The van der Waals surface area contributed by atoms with Gasteiger partial charge < -0.3 is 14.6 Å². The first-order chi connectivity index (χ1) is 13.3. The largest absolute Gasteiger partial charge is 0.488 e. The van der Waals surface area contributed by atoms with Crippen molar-refractivity contribution >= 4 is 5.91 Å². The van der Waals surface area contributed by atoms with E-state index in [1.807, 2.05) is 59.1 Å². The Morgan fingerprint density at radius 1 is 1.29 bits per heavy atom. The van der Waals surface area contributed by atoms with Gasteiger partial charge in [0, 0.05) is 18.8 Å². The molecule has 2 aromatic heterocycles. The first kappa shape index (κ1) is 19.7. The van der Waals surface area contributed by atoms with Gasteiger partial charge in [0.05, 0.1) is 17.3 Å². The van der Waals surface area contributed by atoms with Crippen LogP contribution in [0.15, 0.2) is 28.9 Å². The van der Waals surface area contributed by atoms with Crippen molar-refractivity contribution in [1.29, 1.82) is 0 Å². The molecule has 0 spiro atoms. The van der Waals surface area contributed by atoms with Crippen molar-refractivity contribution < 1.29 is 14.1 Å². The number of amides is 1. The molecule has 1 aromatic carbocycles. The molecule has 2 heterocycles. The van der Waals surface area contributed by atoms with E-state index in [-0.39, 0.29) is 24.2 Å². The number of nitrogens with zero attached hydrogens (tertiary/aromatic N) is 3. The highest BCUT2D eigenvalue weighted by Gasteiger charge is 2.23. The molecule has 1 N–H and O–H groups in total. The zero-order valence-corrected chi connectivity index (χ0v) is 17.2. The van der Waals surface area contributed by atoms with E-state index in [1.54, 1.807) is 11.6 Å². The minimum atomic E-state index is -0.299. The van der Waals surface area contributed by atoms with Gasteiger partial charge in [0.1, 0.15) is 18.1 Å². The number of hydrogen-bond donors (Lipinski definition) is 1. The summed E-state index contributed by atoms with van der Waals surface area (Å²) in [6, 6.07) is 5.82. The van der Waals surface area contributed by atoms with E-state index in [4.69, 9.17) is 9.26 Å². The van der Waals surface area contributed by atoms with Crippen LogP contribution in [0.3, 0.4) is 0 Å². The van der Waals surface area contributed by atoms with Crippen molar-refractivity contribution in [3.63, 3.8) is 0 Å². The number of rotatable bonds is 6. The third-order valence-electron chi connectivity index (χ3n) is 4.78. The van der Waals surface area contributed by atoms with Gasteiger partial charge in [-0.3, -0.25) is 9.48 Å². The lowest BCUT2D eigenvalue weighted by molar-refractivity contribution is 0.0928. The highest BCUT2D eigenvalue weighted by molar-refractivity contribution is 5.94. The second-order valence-corrected chi connectivity index (χ2v) is 7.16. The van der Waals surface area contributed by atoms with Crippen LogP contribution in [0.2, 0.25) is 0 Å². The number of aromatic nitrogens is 3. The van der Waals surface area contributed by atoms with Crippen molar-refractivity contribution in [2.45, 2.75) is 47.3 Å². The number of ether oxygens (including phenoxy) is 1. The second-order valence-electron chi connectivity index (χ2n) is 7.16. The lowest BCUT2D eigenvalue weighted by Gasteiger charge is -2.13. The number of carbonyl (C=O) groups is 1. The first-order valence-electron chi connectivity index (χ1n) is 9.22. The van der Waals surface area contributed by atoms with Crippen molar-refractivity contribution in [2.75, 3.05) is 0 Å². The second kappa shape index (κ2) is 7.88. The SMILES string of the molecule is Cc1ccc(C)c(OCc2c(C(=O)NC(C)c3cn(C)nc3C)noc2C)c1. The van der Waals surface area contributed by atoms with Crippen LogP contribution in [0.1, 0.15) is 57.2 Å². The van der Waals surface area contributed by atoms with Crippen LogP contribution in [-0.2, 0) is 13.7 Å². The Labute approximate surface area is 164 Å². The van der Waals surface area contributed by atoms with Gasteiger partial charge in [0.2, 0.25) is 0 Å². The highest BCUT2D eigenvalue weighted by atomic mass is 16.5. The Bertz CT molecular complexity index is 1000. The summed E-state index contributed by atoms with van der Waals surface area (Å²) < 4.78 is 13.0. The van der Waals surface area contributed by atoms with Crippen LogP contribution < -0.4 is 10.1 Å². The standard InChI is InChI=1S/C21H26N4O3/c1-12-7-8-13(2)19(9-12)27-11-18-16(5)28-24-20(18)21(26)22-14(3)17-10-25(6)23-15(17)4/h7-10,14H,11H2,1-6H3,(H,22,26). The van der Waals surface area contributed by atoms with Crippen molar-refractivity contribution in [2.24, 2.45) is 7.05 Å². The van der Waals surface area contributed by atoms with E-state index in [2.05, 4.69) is 15.6 Å². The third-order valence-corrected chi connectivity index (χ3v) is 4.78. The molecule has 7 nitrogen and oxygen atoms in total. The zero-order chi connectivity index (χ0) is 20.4. The summed E-state index contributed by atoms with van der Waals surface area (Å²) in [7, 11) is 1.86. The van der Waals surface area contributed by atoms with Crippen LogP contribution in [-0.4, -0.2) is 20.8 Å². The first-order valence-corrected chi connectivity index (χ1v) is 9.22. The van der Waals surface area contributed by atoms with E-state index < -0.39 is 0 Å².